The zero-order chi connectivity index (χ0) is 25.3. The van der Waals surface area contributed by atoms with E-state index in [1.54, 1.807) is 13.0 Å². The predicted molar refractivity (Wildman–Crippen MR) is 133 cm³/mol. The van der Waals surface area contributed by atoms with Gasteiger partial charge in [-0.25, -0.2) is 13.2 Å². The van der Waals surface area contributed by atoms with E-state index in [1.807, 2.05) is 33.8 Å². The number of anilines is 2. The Labute approximate surface area is 199 Å². The van der Waals surface area contributed by atoms with Gasteiger partial charge in [0, 0.05) is 16.9 Å². The number of amides is 1. The average molecular weight is 481 g/mol. The summed E-state index contributed by atoms with van der Waals surface area (Å²) in [5, 5.41) is 11.6. The Bertz CT molecular complexity index is 1340. The number of aryl methyl sites for hydroxylation is 1. The van der Waals surface area contributed by atoms with Crippen LogP contribution in [-0.4, -0.2) is 25.4 Å². The number of carbonyl (C=O) groups is 2. The molecule has 0 aromatic heterocycles. The first kappa shape index (κ1) is 25.0. The molecule has 3 N–H and O–H groups in total. The molecular formula is C26H28N2O5S. The number of sulfonamides is 1. The highest BCUT2D eigenvalue weighted by Crippen LogP contribution is 2.30. The molecule has 0 aliphatic carbocycles. The molecule has 0 bridgehead atoms. The highest BCUT2D eigenvalue weighted by Gasteiger charge is 2.23. The molecule has 0 saturated carbocycles. The zero-order valence-corrected chi connectivity index (χ0v) is 20.6. The van der Waals surface area contributed by atoms with Crippen molar-refractivity contribution in [1.82, 2.24) is 0 Å². The summed E-state index contributed by atoms with van der Waals surface area (Å²) in [6, 6.07) is 15.6. The lowest BCUT2D eigenvalue weighted by Crippen LogP contribution is -2.18. The molecule has 0 radical (unpaired) electrons. The summed E-state index contributed by atoms with van der Waals surface area (Å²) in [5.41, 5.74) is 3.54. The van der Waals surface area contributed by atoms with E-state index in [4.69, 9.17) is 5.11 Å². The molecule has 0 atom stereocenters. The van der Waals surface area contributed by atoms with Crippen molar-refractivity contribution in [2.75, 3.05) is 10.0 Å². The first-order valence-electron chi connectivity index (χ1n) is 10.7. The van der Waals surface area contributed by atoms with E-state index in [1.165, 1.54) is 48.5 Å². The van der Waals surface area contributed by atoms with E-state index in [2.05, 4.69) is 10.0 Å². The van der Waals surface area contributed by atoms with Crippen molar-refractivity contribution in [2.24, 2.45) is 0 Å². The van der Waals surface area contributed by atoms with Gasteiger partial charge in [0.25, 0.3) is 15.9 Å². The van der Waals surface area contributed by atoms with Gasteiger partial charge in [0.15, 0.2) is 0 Å². The smallest absolute Gasteiger partial charge is 0.335 e. The molecule has 1 amide bonds. The largest absolute Gasteiger partial charge is 0.478 e. The maximum Gasteiger partial charge on any atom is 0.335 e. The molecule has 3 aromatic carbocycles. The van der Waals surface area contributed by atoms with Gasteiger partial charge in [-0.05, 0) is 90.6 Å². The molecule has 0 spiro atoms. The quantitative estimate of drug-likeness (QED) is 0.440. The number of hydrogen-bond donors (Lipinski definition) is 3. The van der Waals surface area contributed by atoms with E-state index >= 15 is 0 Å². The lowest BCUT2D eigenvalue weighted by atomic mass is 9.85. The fraction of sp³-hybridized carbons (Fsp3) is 0.231. The second-order valence-corrected chi connectivity index (χ2v) is 10.8. The fourth-order valence-electron chi connectivity index (χ4n) is 3.34. The van der Waals surface area contributed by atoms with Crippen molar-refractivity contribution < 1.29 is 23.1 Å². The minimum absolute atomic E-state index is 0.119. The Hall–Kier alpha value is -3.65. The van der Waals surface area contributed by atoms with Crippen LogP contribution < -0.4 is 10.0 Å². The Balaban J connectivity index is 1.78. The van der Waals surface area contributed by atoms with Gasteiger partial charge in [-0.15, -0.1) is 0 Å². The molecule has 3 aromatic rings. The predicted octanol–water partition coefficient (Wildman–Crippen LogP) is 5.35. The Morgan fingerprint density at radius 3 is 1.88 bits per heavy atom. The number of carboxylic acids is 1. The minimum Gasteiger partial charge on any atom is -0.478 e. The summed E-state index contributed by atoms with van der Waals surface area (Å²) in [7, 11) is -3.84. The summed E-state index contributed by atoms with van der Waals surface area (Å²) < 4.78 is 28.9. The normalized spacial score (nSPS) is 11.7. The monoisotopic (exact) mass is 480 g/mol. The number of carbonyl (C=O) groups excluding carboxylic acids is 1. The van der Waals surface area contributed by atoms with Gasteiger partial charge >= 0.3 is 5.97 Å². The Kier molecular flexibility index (Phi) is 6.84. The van der Waals surface area contributed by atoms with E-state index < -0.39 is 21.9 Å². The second-order valence-electron chi connectivity index (χ2n) is 9.19. The highest BCUT2D eigenvalue weighted by molar-refractivity contribution is 7.92. The van der Waals surface area contributed by atoms with Gasteiger partial charge in [-0.1, -0.05) is 26.8 Å². The van der Waals surface area contributed by atoms with E-state index in [0.717, 1.165) is 11.1 Å². The third kappa shape index (κ3) is 5.63. The van der Waals surface area contributed by atoms with Crippen LogP contribution in [0.3, 0.4) is 0 Å². The number of aromatic carboxylic acids is 1. The molecule has 178 valence electrons. The molecular weight excluding hydrogens is 452 g/mol. The van der Waals surface area contributed by atoms with Crippen LogP contribution in [0.25, 0.3) is 0 Å². The maximum absolute atomic E-state index is 13.2. The second kappa shape index (κ2) is 9.30. The summed E-state index contributed by atoms with van der Waals surface area (Å²) in [6.07, 6.45) is 0. The molecule has 8 heteroatoms. The number of nitrogens with one attached hydrogen (secondary N) is 2. The van der Waals surface area contributed by atoms with Gasteiger partial charge in [0.2, 0.25) is 0 Å². The van der Waals surface area contributed by atoms with Crippen molar-refractivity contribution in [3.63, 3.8) is 0 Å². The van der Waals surface area contributed by atoms with Gasteiger partial charge < -0.3 is 10.4 Å². The molecule has 0 aliphatic heterocycles. The molecule has 0 aliphatic rings. The van der Waals surface area contributed by atoms with E-state index in [9.17, 15) is 18.0 Å². The topological polar surface area (TPSA) is 113 Å². The van der Waals surface area contributed by atoms with Crippen LogP contribution in [0.15, 0.2) is 65.6 Å². The lowest BCUT2D eigenvalue weighted by molar-refractivity contribution is 0.0696. The van der Waals surface area contributed by atoms with Crippen LogP contribution in [0, 0.1) is 13.8 Å². The van der Waals surface area contributed by atoms with Gasteiger partial charge in [0.05, 0.1) is 10.5 Å². The third-order valence-corrected chi connectivity index (χ3v) is 7.07. The molecule has 3 rings (SSSR count). The van der Waals surface area contributed by atoms with Crippen LogP contribution in [0.2, 0.25) is 0 Å². The van der Waals surface area contributed by atoms with Crippen LogP contribution in [0.1, 0.15) is 58.2 Å². The van der Waals surface area contributed by atoms with E-state index in [-0.39, 0.29) is 15.9 Å². The van der Waals surface area contributed by atoms with Crippen molar-refractivity contribution in [3.8, 4) is 0 Å². The van der Waals surface area contributed by atoms with E-state index in [0.29, 0.717) is 22.5 Å². The van der Waals surface area contributed by atoms with Crippen molar-refractivity contribution in [1.29, 1.82) is 0 Å². The van der Waals surface area contributed by atoms with Gasteiger partial charge in [-0.2, -0.15) is 0 Å². The average Bonchev–Trinajstić information content (AvgIpc) is 2.75. The highest BCUT2D eigenvalue weighted by atomic mass is 32.2. The number of carboxylic acid groups (broad SMARTS) is 1. The van der Waals surface area contributed by atoms with Gasteiger partial charge in [0.1, 0.15) is 0 Å². The molecule has 0 saturated heterocycles. The maximum atomic E-state index is 13.2. The summed E-state index contributed by atoms with van der Waals surface area (Å²) in [6.45, 7) is 9.78. The van der Waals surface area contributed by atoms with Crippen LogP contribution in [-0.2, 0) is 15.4 Å². The SMILES string of the molecule is Cc1cc(C(C)(C)C)cc(S(=O)(=O)Nc2ccc(C(=O)Nc3ccc(C(=O)O)cc3)cc2)c1C. The zero-order valence-electron chi connectivity index (χ0n) is 19.8. The molecule has 7 nitrogen and oxygen atoms in total. The minimum atomic E-state index is -3.84. The number of hydrogen-bond acceptors (Lipinski definition) is 4. The van der Waals surface area contributed by atoms with Crippen molar-refractivity contribution in [3.05, 3.63) is 88.5 Å². The summed E-state index contributed by atoms with van der Waals surface area (Å²) in [5.74, 6) is -1.45. The standard InChI is InChI=1S/C26H28N2O5S/c1-16-14-20(26(3,4)5)15-23(17(16)2)34(32,33)28-22-12-6-18(7-13-22)24(29)27-21-10-8-19(9-11-21)25(30)31/h6-15,28H,1-5H3,(H,27,29)(H,30,31). The fourth-order valence-corrected chi connectivity index (χ4v) is 4.74. The molecule has 34 heavy (non-hydrogen) atoms. The Morgan fingerprint density at radius 1 is 0.824 bits per heavy atom. The van der Waals surface area contributed by atoms with Gasteiger partial charge in [-0.3, -0.25) is 9.52 Å². The Morgan fingerprint density at radius 2 is 1.35 bits per heavy atom. The first-order chi connectivity index (χ1) is 15.8. The third-order valence-electron chi connectivity index (χ3n) is 5.56. The van der Waals surface area contributed by atoms with Crippen molar-refractivity contribution in [2.45, 2.75) is 44.9 Å². The molecule has 0 fully saturated rings. The van der Waals surface area contributed by atoms with Crippen LogP contribution >= 0.6 is 0 Å². The molecule has 0 heterocycles. The number of rotatable bonds is 6. The van der Waals surface area contributed by atoms with Crippen molar-refractivity contribution >= 4 is 33.3 Å². The molecule has 0 unspecified atom stereocenters. The summed E-state index contributed by atoms with van der Waals surface area (Å²) >= 11 is 0. The van der Waals surface area contributed by atoms with Crippen LogP contribution in [0.4, 0.5) is 11.4 Å². The van der Waals surface area contributed by atoms with Crippen LogP contribution in [0.5, 0.6) is 0 Å². The first-order valence-corrected chi connectivity index (χ1v) is 12.2. The summed E-state index contributed by atoms with van der Waals surface area (Å²) in [4.78, 5) is 23.7. The number of benzene rings is 3. The lowest BCUT2D eigenvalue weighted by Gasteiger charge is -2.22.